The van der Waals surface area contributed by atoms with Crippen molar-refractivity contribution < 1.29 is 9.59 Å². The van der Waals surface area contributed by atoms with Gasteiger partial charge >= 0.3 is 0 Å². The van der Waals surface area contributed by atoms with Gasteiger partial charge < -0.3 is 10.2 Å². The van der Waals surface area contributed by atoms with Crippen LogP contribution in [0.15, 0.2) is 24.4 Å². The van der Waals surface area contributed by atoms with E-state index in [4.69, 9.17) is 0 Å². The third kappa shape index (κ3) is 6.24. The third-order valence-electron chi connectivity index (χ3n) is 6.27. The summed E-state index contributed by atoms with van der Waals surface area (Å²) in [5.41, 5.74) is 0.888. The molecule has 0 saturated carbocycles. The number of hydrogen-bond acceptors (Lipinski definition) is 5. The zero-order valence-electron chi connectivity index (χ0n) is 17.8. The Hall–Kier alpha value is -1.99. The lowest BCUT2D eigenvalue weighted by atomic mass is 9.93. The second-order valence-electron chi connectivity index (χ2n) is 8.32. The number of amides is 2. The number of hydrogen-bond donors (Lipinski definition) is 1. The Labute approximate surface area is 174 Å². The van der Waals surface area contributed by atoms with Crippen LogP contribution in [-0.2, 0) is 16.1 Å². The molecule has 2 fully saturated rings. The van der Waals surface area contributed by atoms with Gasteiger partial charge in [-0.3, -0.25) is 24.4 Å². The highest BCUT2D eigenvalue weighted by atomic mass is 16.2. The van der Waals surface area contributed by atoms with Gasteiger partial charge in [0.2, 0.25) is 11.8 Å². The smallest absolute Gasteiger partial charge is 0.236 e. The molecule has 0 unspecified atom stereocenters. The van der Waals surface area contributed by atoms with Crippen molar-refractivity contribution in [2.24, 2.45) is 5.92 Å². The Kier molecular flexibility index (Phi) is 8.00. The van der Waals surface area contributed by atoms with Crippen LogP contribution in [0.2, 0.25) is 0 Å². The molecule has 2 saturated heterocycles. The molecule has 0 radical (unpaired) electrons. The number of likely N-dealkylation sites (N-methyl/N-ethyl adjacent to an activating group) is 1. The second-order valence-corrected chi connectivity index (χ2v) is 8.32. The SMILES string of the molecule is CCN(C)CC(=O)N1CCC(N2CCC[C@@H](C(=O)NCc3ccccn3)C2)CC1. The van der Waals surface area contributed by atoms with Gasteiger partial charge in [0.1, 0.15) is 0 Å². The zero-order chi connectivity index (χ0) is 20.6. The Bertz CT molecular complexity index is 660. The lowest BCUT2D eigenvalue weighted by Gasteiger charge is -2.42. The first-order chi connectivity index (χ1) is 14.1. The van der Waals surface area contributed by atoms with Crippen LogP contribution < -0.4 is 5.32 Å². The molecular formula is C22H35N5O2. The van der Waals surface area contributed by atoms with Gasteiger partial charge in [0, 0.05) is 31.9 Å². The van der Waals surface area contributed by atoms with E-state index in [0.29, 0.717) is 19.1 Å². The Morgan fingerprint density at radius 2 is 2.00 bits per heavy atom. The summed E-state index contributed by atoms with van der Waals surface area (Å²) in [5, 5.41) is 3.05. The maximum Gasteiger partial charge on any atom is 0.236 e. The van der Waals surface area contributed by atoms with E-state index < -0.39 is 0 Å². The van der Waals surface area contributed by atoms with E-state index in [1.165, 1.54) is 0 Å². The highest BCUT2D eigenvalue weighted by Crippen LogP contribution is 2.24. The quantitative estimate of drug-likeness (QED) is 0.747. The molecular weight excluding hydrogens is 366 g/mol. The van der Waals surface area contributed by atoms with Gasteiger partial charge in [-0.05, 0) is 58.0 Å². The molecule has 1 N–H and O–H groups in total. The Morgan fingerprint density at radius 1 is 1.21 bits per heavy atom. The van der Waals surface area contributed by atoms with Crippen molar-refractivity contribution in [2.45, 2.75) is 45.2 Å². The van der Waals surface area contributed by atoms with E-state index in [1.807, 2.05) is 35.0 Å². The molecule has 0 aliphatic carbocycles. The molecule has 2 amide bonds. The van der Waals surface area contributed by atoms with Crippen LogP contribution in [0.1, 0.15) is 38.3 Å². The number of carbonyl (C=O) groups is 2. The maximum absolute atomic E-state index is 12.6. The standard InChI is InChI=1S/C22H35N5O2/c1-3-25(2)17-21(28)26-13-9-20(10-14-26)27-12-6-7-18(16-27)22(29)24-15-19-8-4-5-11-23-19/h4-5,8,11,18,20H,3,6-7,9-10,12-17H2,1-2H3,(H,24,29)/t18-/m1/s1. The number of carbonyl (C=O) groups excluding carboxylic acids is 2. The largest absolute Gasteiger partial charge is 0.350 e. The first kappa shape index (κ1) is 21.7. The molecule has 7 nitrogen and oxygen atoms in total. The van der Waals surface area contributed by atoms with Crippen LogP contribution in [0, 0.1) is 5.92 Å². The maximum atomic E-state index is 12.6. The molecule has 2 aliphatic rings. The normalized spacial score (nSPS) is 21.3. The average Bonchev–Trinajstić information content (AvgIpc) is 2.78. The molecule has 29 heavy (non-hydrogen) atoms. The number of rotatable bonds is 7. The van der Waals surface area contributed by atoms with Crippen molar-refractivity contribution in [3.05, 3.63) is 30.1 Å². The zero-order valence-corrected chi connectivity index (χ0v) is 17.8. The number of piperidine rings is 2. The van der Waals surface area contributed by atoms with Crippen LogP contribution >= 0.6 is 0 Å². The van der Waals surface area contributed by atoms with E-state index >= 15 is 0 Å². The molecule has 160 valence electrons. The fourth-order valence-electron chi connectivity index (χ4n) is 4.30. The summed E-state index contributed by atoms with van der Waals surface area (Å²) in [5.74, 6) is 0.416. The second kappa shape index (κ2) is 10.7. The molecule has 1 aromatic heterocycles. The van der Waals surface area contributed by atoms with Crippen molar-refractivity contribution in [2.75, 3.05) is 46.3 Å². The Balaban J connectivity index is 1.43. The highest BCUT2D eigenvalue weighted by molar-refractivity contribution is 5.79. The van der Waals surface area contributed by atoms with E-state index in [2.05, 4.69) is 22.1 Å². The molecule has 3 rings (SSSR count). The van der Waals surface area contributed by atoms with Crippen molar-refractivity contribution >= 4 is 11.8 Å². The molecule has 3 heterocycles. The molecule has 2 aliphatic heterocycles. The van der Waals surface area contributed by atoms with Crippen molar-refractivity contribution in [3.8, 4) is 0 Å². The van der Waals surface area contributed by atoms with Crippen LogP contribution in [0.25, 0.3) is 0 Å². The predicted octanol–water partition coefficient (Wildman–Crippen LogP) is 1.35. The number of nitrogens with zero attached hydrogens (tertiary/aromatic N) is 4. The number of pyridine rings is 1. The Morgan fingerprint density at radius 3 is 2.69 bits per heavy atom. The van der Waals surface area contributed by atoms with Gasteiger partial charge in [-0.25, -0.2) is 0 Å². The lowest BCUT2D eigenvalue weighted by Crippen LogP contribution is -2.52. The minimum Gasteiger partial charge on any atom is -0.350 e. The van der Waals surface area contributed by atoms with Crippen molar-refractivity contribution in [3.63, 3.8) is 0 Å². The number of aromatic nitrogens is 1. The summed E-state index contributed by atoms with van der Waals surface area (Å²) in [6, 6.07) is 6.23. The summed E-state index contributed by atoms with van der Waals surface area (Å²) in [4.78, 5) is 35.8. The van der Waals surface area contributed by atoms with Crippen LogP contribution in [0.3, 0.4) is 0 Å². The molecule has 1 aromatic rings. The van der Waals surface area contributed by atoms with Crippen LogP contribution in [0.4, 0.5) is 0 Å². The lowest BCUT2D eigenvalue weighted by molar-refractivity contribution is -0.133. The highest BCUT2D eigenvalue weighted by Gasteiger charge is 2.32. The van der Waals surface area contributed by atoms with Gasteiger partial charge in [0.25, 0.3) is 0 Å². The van der Waals surface area contributed by atoms with Gasteiger partial charge in [-0.2, -0.15) is 0 Å². The topological polar surface area (TPSA) is 68.8 Å². The minimum absolute atomic E-state index is 0.0466. The monoisotopic (exact) mass is 401 g/mol. The van der Waals surface area contributed by atoms with Crippen LogP contribution in [-0.4, -0.2) is 83.9 Å². The van der Waals surface area contributed by atoms with Crippen molar-refractivity contribution in [1.29, 1.82) is 0 Å². The summed E-state index contributed by atoms with van der Waals surface area (Å²) in [7, 11) is 1.98. The molecule has 0 aromatic carbocycles. The molecule has 1 atom stereocenters. The van der Waals surface area contributed by atoms with E-state index in [1.54, 1.807) is 6.20 Å². The van der Waals surface area contributed by atoms with E-state index in [-0.39, 0.29) is 17.7 Å². The summed E-state index contributed by atoms with van der Waals surface area (Å²) >= 11 is 0. The van der Waals surface area contributed by atoms with Gasteiger partial charge in [-0.1, -0.05) is 13.0 Å². The predicted molar refractivity (Wildman–Crippen MR) is 113 cm³/mol. The first-order valence-electron chi connectivity index (χ1n) is 10.9. The van der Waals surface area contributed by atoms with Crippen molar-refractivity contribution in [1.82, 2.24) is 25.0 Å². The molecule has 0 spiro atoms. The third-order valence-corrected chi connectivity index (χ3v) is 6.27. The average molecular weight is 402 g/mol. The molecule has 0 bridgehead atoms. The minimum atomic E-state index is 0.0466. The van der Waals surface area contributed by atoms with Gasteiger partial charge in [0.05, 0.1) is 24.7 Å². The summed E-state index contributed by atoms with van der Waals surface area (Å²) in [6.07, 6.45) is 5.77. The molecule has 7 heteroatoms. The van der Waals surface area contributed by atoms with Gasteiger partial charge in [0.15, 0.2) is 0 Å². The van der Waals surface area contributed by atoms with Gasteiger partial charge in [-0.15, -0.1) is 0 Å². The van der Waals surface area contributed by atoms with E-state index in [0.717, 1.165) is 64.1 Å². The van der Waals surface area contributed by atoms with E-state index in [9.17, 15) is 9.59 Å². The summed E-state index contributed by atoms with van der Waals surface area (Å²) in [6.45, 7) is 7.49. The number of nitrogens with one attached hydrogen (secondary N) is 1. The van der Waals surface area contributed by atoms with Crippen LogP contribution in [0.5, 0.6) is 0 Å². The summed E-state index contributed by atoms with van der Waals surface area (Å²) < 4.78 is 0. The fourth-order valence-corrected chi connectivity index (χ4v) is 4.30. The first-order valence-corrected chi connectivity index (χ1v) is 10.9. The number of likely N-dealkylation sites (tertiary alicyclic amines) is 2. The fraction of sp³-hybridized carbons (Fsp3) is 0.682.